The maximum atomic E-state index is 6.01. The van der Waals surface area contributed by atoms with Gasteiger partial charge in [0.25, 0.3) is 0 Å². The van der Waals surface area contributed by atoms with Crippen LogP contribution in [0.5, 0.6) is 11.5 Å². The standard InChI is InChI=1S/C36H42N2O2/c37-25-9-3-11-27-39-33-21-17-31(18-22-33)35(29-13-5-1-6-14-29)36(30-15-7-2-8-16-30)32-19-23-34(24-20-32)40-28-12-4-10-26-38/h1-2,5-8,13-24H,3-4,9-12,25-28,37-38H2/b36-35-. The van der Waals surface area contributed by atoms with E-state index in [1.54, 1.807) is 0 Å². The van der Waals surface area contributed by atoms with Crippen molar-refractivity contribution in [1.82, 2.24) is 0 Å². The number of rotatable bonds is 16. The Morgan fingerprint density at radius 1 is 0.400 bits per heavy atom. The molecule has 4 heteroatoms. The molecule has 4 aromatic carbocycles. The average molecular weight is 535 g/mol. The molecule has 0 spiro atoms. The Morgan fingerprint density at radius 3 is 1.10 bits per heavy atom. The maximum absolute atomic E-state index is 6.01. The molecule has 4 aromatic rings. The van der Waals surface area contributed by atoms with Crippen LogP contribution in [0.25, 0.3) is 11.1 Å². The van der Waals surface area contributed by atoms with Crippen molar-refractivity contribution in [1.29, 1.82) is 0 Å². The number of nitrogens with two attached hydrogens (primary N) is 2. The number of benzene rings is 4. The Balaban J connectivity index is 1.69. The van der Waals surface area contributed by atoms with Crippen molar-refractivity contribution in [3.63, 3.8) is 0 Å². The number of hydrogen-bond donors (Lipinski definition) is 2. The van der Waals surface area contributed by atoms with Crippen molar-refractivity contribution in [2.45, 2.75) is 38.5 Å². The fourth-order valence-electron chi connectivity index (χ4n) is 4.78. The fraction of sp³-hybridized carbons (Fsp3) is 0.278. The summed E-state index contributed by atoms with van der Waals surface area (Å²) in [6.45, 7) is 2.88. The lowest BCUT2D eigenvalue weighted by Gasteiger charge is -2.19. The van der Waals surface area contributed by atoms with Gasteiger partial charge in [0.1, 0.15) is 11.5 Å². The largest absolute Gasteiger partial charge is 0.494 e. The summed E-state index contributed by atoms with van der Waals surface area (Å²) in [7, 11) is 0. The molecule has 0 unspecified atom stereocenters. The van der Waals surface area contributed by atoms with Crippen LogP contribution in [-0.2, 0) is 0 Å². The second-order valence-corrected chi connectivity index (χ2v) is 9.93. The molecule has 0 fully saturated rings. The highest BCUT2D eigenvalue weighted by molar-refractivity contribution is 6.04. The van der Waals surface area contributed by atoms with Crippen molar-refractivity contribution < 1.29 is 9.47 Å². The monoisotopic (exact) mass is 534 g/mol. The van der Waals surface area contributed by atoms with E-state index in [-0.39, 0.29) is 0 Å². The van der Waals surface area contributed by atoms with Gasteiger partial charge in [-0.15, -0.1) is 0 Å². The molecule has 4 nitrogen and oxygen atoms in total. The van der Waals surface area contributed by atoms with Crippen LogP contribution in [0, 0.1) is 0 Å². The van der Waals surface area contributed by atoms with E-state index < -0.39 is 0 Å². The van der Waals surface area contributed by atoms with Gasteiger partial charge < -0.3 is 20.9 Å². The number of unbranched alkanes of at least 4 members (excludes halogenated alkanes) is 4. The minimum atomic E-state index is 0.706. The van der Waals surface area contributed by atoms with Gasteiger partial charge in [0, 0.05) is 0 Å². The van der Waals surface area contributed by atoms with Crippen molar-refractivity contribution >= 4 is 11.1 Å². The van der Waals surface area contributed by atoms with Crippen LogP contribution in [0.4, 0.5) is 0 Å². The van der Waals surface area contributed by atoms with Gasteiger partial charge in [-0.1, -0.05) is 84.9 Å². The van der Waals surface area contributed by atoms with Crippen molar-refractivity contribution in [3.05, 3.63) is 131 Å². The highest BCUT2D eigenvalue weighted by Crippen LogP contribution is 2.37. The first-order chi connectivity index (χ1) is 19.8. The summed E-state index contributed by atoms with van der Waals surface area (Å²) in [4.78, 5) is 0. The zero-order valence-corrected chi connectivity index (χ0v) is 23.4. The van der Waals surface area contributed by atoms with E-state index in [0.717, 1.165) is 85.4 Å². The molecule has 0 aromatic heterocycles. The molecule has 0 aliphatic heterocycles. The molecule has 4 rings (SSSR count). The van der Waals surface area contributed by atoms with Crippen molar-refractivity contribution in [3.8, 4) is 11.5 Å². The SMILES string of the molecule is NCCCCCOc1ccc(/C(=C(/c2ccccc2)c2ccc(OCCCCCN)cc2)c2ccccc2)cc1. The van der Waals surface area contributed by atoms with Crippen molar-refractivity contribution in [2.24, 2.45) is 11.5 Å². The van der Waals surface area contributed by atoms with E-state index in [1.807, 2.05) is 0 Å². The second kappa shape index (κ2) is 16.3. The lowest BCUT2D eigenvalue weighted by atomic mass is 9.86. The molecule has 0 saturated carbocycles. The first-order valence-electron chi connectivity index (χ1n) is 14.5. The Kier molecular flexibility index (Phi) is 11.9. The molecule has 0 heterocycles. The second-order valence-electron chi connectivity index (χ2n) is 9.93. The molecule has 208 valence electrons. The number of ether oxygens (including phenoxy) is 2. The average Bonchev–Trinajstić information content (AvgIpc) is 3.01. The van der Waals surface area contributed by atoms with Gasteiger partial charge in [-0.3, -0.25) is 0 Å². The summed E-state index contributed by atoms with van der Waals surface area (Å²) in [6.07, 6.45) is 6.29. The Hall–Kier alpha value is -3.86. The highest BCUT2D eigenvalue weighted by Gasteiger charge is 2.16. The third kappa shape index (κ3) is 8.57. The Labute approximate surface area is 239 Å². The van der Waals surface area contributed by atoms with Crippen LogP contribution in [0.15, 0.2) is 109 Å². The predicted molar refractivity (Wildman–Crippen MR) is 168 cm³/mol. The van der Waals surface area contributed by atoms with Crippen LogP contribution in [0.3, 0.4) is 0 Å². The molecule has 4 N–H and O–H groups in total. The van der Waals surface area contributed by atoms with Gasteiger partial charge in [-0.05, 0) is 109 Å². The predicted octanol–water partition coefficient (Wildman–Crippen LogP) is 7.71. The van der Waals surface area contributed by atoms with E-state index in [4.69, 9.17) is 20.9 Å². The lowest BCUT2D eigenvalue weighted by molar-refractivity contribution is 0.305. The summed E-state index contributed by atoms with van der Waals surface area (Å²) in [6, 6.07) is 38.2. The van der Waals surface area contributed by atoms with Gasteiger partial charge in [0.15, 0.2) is 0 Å². The van der Waals surface area contributed by atoms with Gasteiger partial charge >= 0.3 is 0 Å². The van der Waals surface area contributed by atoms with Crippen molar-refractivity contribution in [2.75, 3.05) is 26.3 Å². The summed E-state index contributed by atoms with van der Waals surface area (Å²) < 4.78 is 12.0. The van der Waals surface area contributed by atoms with Crippen LogP contribution in [-0.4, -0.2) is 26.3 Å². The molecule has 0 aliphatic carbocycles. The van der Waals surface area contributed by atoms with E-state index in [9.17, 15) is 0 Å². The first-order valence-corrected chi connectivity index (χ1v) is 14.5. The zero-order chi connectivity index (χ0) is 27.8. The van der Waals surface area contributed by atoms with E-state index in [1.165, 1.54) is 11.1 Å². The molecular formula is C36H42N2O2. The van der Waals surface area contributed by atoms with Crippen LogP contribution in [0.2, 0.25) is 0 Å². The summed E-state index contributed by atoms with van der Waals surface area (Å²) >= 11 is 0. The minimum Gasteiger partial charge on any atom is -0.494 e. The molecule has 0 atom stereocenters. The maximum Gasteiger partial charge on any atom is 0.119 e. The molecular weight excluding hydrogens is 492 g/mol. The van der Waals surface area contributed by atoms with E-state index >= 15 is 0 Å². The third-order valence-electron chi connectivity index (χ3n) is 6.90. The molecule has 0 radical (unpaired) electrons. The Bertz CT molecular complexity index is 1180. The van der Waals surface area contributed by atoms with Crippen LogP contribution in [0.1, 0.15) is 60.8 Å². The van der Waals surface area contributed by atoms with Gasteiger partial charge in [-0.25, -0.2) is 0 Å². The highest BCUT2D eigenvalue weighted by atomic mass is 16.5. The quantitative estimate of drug-likeness (QED) is 0.114. The molecule has 0 saturated heterocycles. The number of hydrogen-bond acceptors (Lipinski definition) is 4. The van der Waals surface area contributed by atoms with Crippen LogP contribution >= 0.6 is 0 Å². The van der Waals surface area contributed by atoms with Gasteiger partial charge in [0.2, 0.25) is 0 Å². The summed E-state index contributed by atoms with van der Waals surface area (Å²) in [5, 5.41) is 0. The third-order valence-corrected chi connectivity index (χ3v) is 6.90. The Morgan fingerprint density at radius 2 is 0.750 bits per heavy atom. The smallest absolute Gasteiger partial charge is 0.119 e. The minimum absolute atomic E-state index is 0.706. The van der Waals surface area contributed by atoms with Gasteiger partial charge in [-0.2, -0.15) is 0 Å². The normalized spacial score (nSPS) is 11.7. The topological polar surface area (TPSA) is 70.5 Å². The lowest BCUT2D eigenvalue weighted by Crippen LogP contribution is -2.02. The zero-order valence-electron chi connectivity index (χ0n) is 23.4. The first kappa shape index (κ1) is 29.1. The molecule has 40 heavy (non-hydrogen) atoms. The molecule has 0 aliphatic rings. The fourth-order valence-corrected chi connectivity index (χ4v) is 4.78. The molecule has 0 bridgehead atoms. The summed E-state index contributed by atoms with van der Waals surface area (Å²) in [5.41, 5.74) is 18.2. The van der Waals surface area contributed by atoms with E-state index in [0.29, 0.717) is 13.2 Å². The summed E-state index contributed by atoms with van der Waals surface area (Å²) in [5.74, 6) is 1.77. The van der Waals surface area contributed by atoms with Gasteiger partial charge in [0.05, 0.1) is 13.2 Å². The molecule has 0 amide bonds. The van der Waals surface area contributed by atoms with E-state index in [2.05, 4.69) is 109 Å². The van der Waals surface area contributed by atoms with Crippen LogP contribution < -0.4 is 20.9 Å².